The average molecular weight is 348 g/mol. The molecule has 0 atom stereocenters. The summed E-state index contributed by atoms with van der Waals surface area (Å²) in [5.74, 6) is 0. The van der Waals surface area contributed by atoms with Gasteiger partial charge in [-0.3, -0.25) is 0 Å². The zero-order valence-corrected chi connectivity index (χ0v) is 11.6. The summed E-state index contributed by atoms with van der Waals surface area (Å²) in [7, 11) is 0. The monoisotopic (exact) mass is 347 g/mol. The Morgan fingerprint density at radius 3 is 2.88 bits per heavy atom. The number of nitrogens with zero attached hydrogens (tertiary/aromatic N) is 3. The summed E-state index contributed by atoms with van der Waals surface area (Å²) in [6, 6.07) is 0.594. The van der Waals surface area contributed by atoms with Crippen LogP contribution in [-0.2, 0) is 0 Å². The van der Waals surface area contributed by atoms with E-state index in [0.717, 1.165) is 11.0 Å². The van der Waals surface area contributed by atoms with Crippen molar-refractivity contribution in [2.45, 2.75) is 31.7 Å². The number of halogens is 2. The van der Waals surface area contributed by atoms with E-state index in [0.29, 0.717) is 11.3 Å². The van der Waals surface area contributed by atoms with Crippen molar-refractivity contribution in [3.63, 3.8) is 0 Å². The largest absolute Gasteiger partial charge is 0.328 e. The van der Waals surface area contributed by atoms with E-state index in [1.165, 1.54) is 29.3 Å². The molecule has 3 nitrogen and oxygen atoms in total. The fourth-order valence-corrected chi connectivity index (χ4v) is 3.24. The second kappa shape index (κ2) is 4.14. The van der Waals surface area contributed by atoms with Crippen LogP contribution in [0.5, 0.6) is 0 Å². The van der Waals surface area contributed by atoms with E-state index in [9.17, 15) is 0 Å². The lowest BCUT2D eigenvalue weighted by atomic mass is 10.2. The summed E-state index contributed by atoms with van der Waals surface area (Å²) in [4.78, 5) is 8.40. The summed E-state index contributed by atoms with van der Waals surface area (Å²) in [6.45, 7) is 0. The maximum absolute atomic E-state index is 5.87. The van der Waals surface area contributed by atoms with Gasteiger partial charge in [-0.1, -0.05) is 12.8 Å². The van der Waals surface area contributed by atoms with Gasteiger partial charge in [0.1, 0.15) is 5.65 Å². The van der Waals surface area contributed by atoms with E-state index in [4.69, 9.17) is 11.6 Å². The molecule has 5 heteroatoms. The minimum Gasteiger partial charge on any atom is -0.328 e. The van der Waals surface area contributed by atoms with E-state index in [1.807, 2.05) is 6.20 Å². The maximum atomic E-state index is 5.87. The van der Waals surface area contributed by atoms with E-state index in [-0.39, 0.29) is 0 Å². The highest BCUT2D eigenvalue weighted by atomic mass is 127. The molecule has 0 unspecified atom stereocenters. The second-order valence-electron chi connectivity index (χ2n) is 4.20. The molecule has 1 aliphatic rings. The Labute approximate surface area is 112 Å². The Morgan fingerprint density at radius 1 is 1.38 bits per heavy atom. The van der Waals surface area contributed by atoms with Crippen molar-refractivity contribution in [3.05, 3.63) is 21.2 Å². The molecule has 3 rings (SSSR count). The van der Waals surface area contributed by atoms with E-state index in [2.05, 4.69) is 43.3 Å². The van der Waals surface area contributed by atoms with Crippen LogP contribution in [0.2, 0.25) is 5.28 Å². The third-order valence-electron chi connectivity index (χ3n) is 3.21. The Morgan fingerprint density at radius 2 is 2.12 bits per heavy atom. The molecule has 84 valence electrons. The molecule has 0 amide bonds. The van der Waals surface area contributed by atoms with Gasteiger partial charge < -0.3 is 4.57 Å². The van der Waals surface area contributed by atoms with Crippen LogP contribution >= 0.6 is 34.2 Å². The second-order valence-corrected chi connectivity index (χ2v) is 5.70. The van der Waals surface area contributed by atoms with Crippen LogP contribution in [0.4, 0.5) is 0 Å². The molecule has 0 N–H and O–H groups in total. The van der Waals surface area contributed by atoms with Gasteiger partial charge in [-0.05, 0) is 47.0 Å². The summed E-state index contributed by atoms with van der Waals surface area (Å²) in [5, 5.41) is 1.44. The Balaban J connectivity index is 2.19. The molecule has 2 aromatic heterocycles. The fraction of sp³-hybridized carbons (Fsp3) is 0.455. The first-order chi connectivity index (χ1) is 7.75. The van der Waals surface area contributed by atoms with Crippen LogP contribution in [0.3, 0.4) is 0 Å². The number of rotatable bonds is 1. The average Bonchev–Trinajstić information content (AvgIpc) is 2.86. The minimum absolute atomic E-state index is 0.334. The van der Waals surface area contributed by atoms with Crippen molar-refractivity contribution >= 4 is 45.2 Å². The predicted molar refractivity (Wildman–Crippen MR) is 72.8 cm³/mol. The molecule has 0 bridgehead atoms. The van der Waals surface area contributed by atoms with Crippen LogP contribution in [0, 0.1) is 3.57 Å². The van der Waals surface area contributed by atoms with Gasteiger partial charge in [0.2, 0.25) is 5.28 Å². The van der Waals surface area contributed by atoms with Crippen LogP contribution in [0.15, 0.2) is 12.4 Å². The van der Waals surface area contributed by atoms with Crippen LogP contribution in [-0.4, -0.2) is 14.5 Å². The van der Waals surface area contributed by atoms with Crippen molar-refractivity contribution in [2.24, 2.45) is 0 Å². The zero-order chi connectivity index (χ0) is 11.1. The molecule has 0 aliphatic heterocycles. The lowest BCUT2D eigenvalue weighted by molar-refractivity contribution is 0.531. The summed E-state index contributed by atoms with van der Waals surface area (Å²) < 4.78 is 3.48. The molecule has 1 saturated carbocycles. The van der Waals surface area contributed by atoms with Gasteiger partial charge in [0.25, 0.3) is 0 Å². The number of hydrogen-bond donors (Lipinski definition) is 0. The minimum atomic E-state index is 0.334. The van der Waals surface area contributed by atoms with Gasteiger partial charge in [-0.2, -0.15) is 4.98 Å². The smallest absolute Gasteiger partial charge is 0.224 e. The standard InChI is InChI=1S/C11H11ClIN3/c12-11-14-5-8-9(13)6-16(10(8)15-11)7-3-1-2-4-7/h5-7H,1-4H2. The van der Waals surface area contributed by atoms with Gasteiger partial charge in [0, 0.05) is 22.0 Å². The van der Waals surface area contributed by atoms with Crippen molar-refractivity contribution in [1.82, 2.24) is 14.5 Å². The van der Waals surface area contributed by atoms with Gasteiger partial charge in [0.05, 0.1) is 5.39 Å². The van der Waals surface area contributed by atoms with Gasteiger partial charge in [-0.25, -0.2) is 4.98 Å². The lowest BCUT2D eigenvalue weighted by Gasteiger charge is -2.12. The highest BCUT2D eigenvalue weighted by molar-refractivity contribution is 14.1. The van der Waals surface area contributed by atoms with Gasteiger partial charge in [-0.15, -0.1) is 0 Å². The predicted octanol–water partition coefficient (Wildman–Crippen LogP) is 3.80. The van der Waals surface area contributed by atoms with Gasteiger partial charge >= 0.3 is 0 Å². The molecule has 0 saturated heterocycles. The fourth-order valence-electron chi connectivity index (χ4n) is 2.43. The van der Waals surface area contributed by atoms with Crippen molar-refractivity contribution < 1.29 is 0 Å². The molecule has 0 aromatic carbocycles. The summed E-state index contributed by atoms with van der Waals surface area (Å²) in [6.07, 6.45) is 9.13. The first-order valence-corrected chi connectivity index (χ1v) is 6.90. The van der Waals surface area contributed by atoms with Crippen molar-refractivity contribution in [3.8, 4) is 0 Å². The van der Waals surface area contributed by atoms with E-state index >= 15 is 0 Å². The quantitative estimate of drug-likeness (QED) is 0.580. The molecule has 16 heavy (non-hydrogen) atoms. The van der Waals surface area contributed by atoms with Crippen molar-refractivity contribution in [1.29, 1.82) is 0 Å². The normalized spacial score (nSPS) is 17.4. The SMILES string of the molecule is Clc1ncc2c(I)cn(C3CCCC3)c2n1. The topological polar surface area (TPSA) is 30.7 Å². The molecule has 0 spiro atoms. The Hall–Kier alpha value is -0.360. The first kappa shape index (κ1) is 10.8. The lowest BCUT2D eigenvalue weighted by Crippen LogP contribution is -2.03. The highest BCUT2D eigenvalue weighted by Gasteiger charge is 2.20. The van der Waals surface area contributed by atoms with Gasteiger partial charge in [0.15, 0.2) is 0 Å². The molecule has 0 radical (unpaired) electrons. The maximum Gasteiger partial charge on any atom is 0.224 e. The summed E-state index contributed by atoms with van der Waals surface area (Å²) >= 11 is 8.20. The number of aromatic nitrogens is 3. The first-order valence-electron chi connectivity index (χ1n) is 5.44. The van der Waals surface area contributed by atoms with Crippen LogP contribution in [0.1, 0.15) is 31.7 Å². The number of hydrogen-bond acceptors (Lipinski definition) is 2. The Kier molecular flexibility index (Phi) is 2.79. The third kappa shape index (κ3) is 1.72. The van der Waals surface area contributed by atoms with Crippen LogP contribution in [0.25, 0.3) is 11.0 Å². The molecule has 1 fully saturated rings. The molecular formula is C11H11ClIN3. The molecule has 2 heterocycles. The van der Waals surface area contributed by atoms with Crippen molar-refractivity contribution in [2.75, 3.05) is 0 Å². The molecular weight excluding hydrogens is 336 g/mol. The highest BCUT2D eigenvalue weighted by Crippen LogP contribution is 2.34. The van der Waals surface area contributed by atoms with Crippen LogP contribution < -0.4 is 0 Å². The number of fused-ring (bicyclic) bond motifs is 1. The third-order valence-corrected chi connectivity index (χ3v) is 4.25. The van der Waals surface area contributed by atoms with E-state index in [1.54, 1.807) is 0 Å². The zero-order valence-electron chi connectivity index (χ0n) is 8.66. The van der Waals surface area contributed by atoms with E-state index < -0.39 is 0 Å². The summed E-state index contributed by atoms with van der Waals surface area (Å²) in [5.41, 5.74) is 0.983. The molecule has 1 aliphatic carbocycles. The Bertz CT molecular complexity index is 531. The molecule has 2 aromatic rings.